The van der Waals surface area contributed by atoms with Crippen molar-refractivity contribution < 1.29 is 0 Å². The van der Waals surface area contributed by atoms with Crippen LogP contribution in [0.1, 0.15) is 0 Å². The van der Waals surface area contributed by atoms with Crippen LogP contribution >= 0.6 is 11.6 Å². The first-order valence-corrected chi connectivity index (χ1v) is 4.99. The van der Waals surface area contributed by atoms with E-state index in [0.29, 0.717) is 0 Å². The predicted octanol–water partition coefficient (Wildman–Crippen LogP) is 3.46. The largest absolute Gasteiger partial charge is 0.388 e. The highest BCUT2D eigenvalue weighted by molar-refractivity contribution is 6.30. The van der Waals surface area contributed by atoms with Crippen LogP contribution < -0.4 is 5.32 Å². The van der Waals surface area contributed by atoms with Crippen molar-refractivity contribution in [1.29, 1.82) is 0 Å². The van der Waals surface area contributed by atoms with Crippen molar-refractivity contribution in [2.24, 2.45) is 0 Å². The third kappa shape index (κ3) is 5.03. The van der Waals surface area contributed by atoms with Crippen molar-refractivity contribution in [3.63, 3.8) is 0 Å². The van der Waals surface area contributed by atoms with Crippen molar-refractivity contribution in [3.05, 3.63) is 59.9 Å². The van der Waals surface area contributed by atoms with Crippen LogP contribution in [0.5, 0.6) is 0 Å². The Morgan fingerprint density at radius 3 is 1.93 bits per heavy atom. The van der Waals surface area contributed by atoms with Crippen LogP contribution in [-0.4, -0.2) is 12.0 Å². The molecule has 0 spiro atoms. The third-order valence-electron chi connectivity index (χ3n) is 1.70. The van der Waals surface area contributed by atoms with Gasteiger partial charge in [-0.2, -0.15) is 0 Å². The van der Waals surface area contributed by atoms with Gasteiger partial charge in [-0.1, -0.05) is 17.7 Å². The molecule has 1 aromatic heterocycles. The highest BCUT2D eigenvalue weighted by Gasteiger charge is 1.85. The molecule has 0 bridgehead atoms. The number of benzene rings is 1. The second-order valence-corrected chi connectivity index (χ2v) is 3.22. The summed E-state index contributed by atoms with van der Waals surface area (Å²) in [5.74, 6) is 0. The Morgan fingerprint density at radius 1 is 1.00 bits per heavy atom. The zero-order valence-electron chi connectivity index (χ0n) is 8.52. The molecule has 0 saturated heterocycles. The van der Waals surface area contributed by atoms with E-state index in [0.717, 1.165) is 10.7 Å². The summed E-state index contributed by atoms with van der Waals surface area (Å²) < 4.78 is 0. The Labute approximate surface area is 94.9 Å². The molecule has 0 aliphatic rings. The SMILES string of the molecule is CNc1ccc(Cl)cc1.c1ccncc1. The van der Waals surface area contributed by atoms with Crippen molar-refractivity contribution in [2.45, 2.75) is 0 Å². The van der Waals surface area contributed by atoms with Gasteiger partial charge in [0.2, 0.25) is 0 Å². The molecule has 1 heterocycles. The van der Waals surface area contributed by atoms with Crippen LogP contribution in [0.4, 0.5) is 5.69 Å². The lowest BCUT2D eigenvalue weighted by molar-refractivity contribution is 1.33. The maximum Gasteiger partial charge on any atom is 0.0407 e. The minimum atomic E-state index is 0.772. The van der Waals surface area contributed by atoms with E-state index in [9.17, 15) is 0 Å². The van der Waals surface area contributed by atoms with Gasteiger partial charge in [-0.25, -0.2) is 0 Å². The summed E-state index contributed by atoms with van der Waals surface area (Å²) in [4.78, 5) is 3.78. The standard InChI is InChI=1S/C7H8ClN.C5H5N/c1-9-7-4-2-6(8)3-5-7;1-2-4-6-5-3-1/h2-5,9H,1H3;1-5H. The summed E-state index contributed by atoms with van der Waals surface area (Å²) in [5, 5.41) is 3.77. The number of halogens is 1. The molecular formula is C12H13ClN2. The number of hydrogen-bond donors (Lipinski definition) is 1. The van der Waals surface area contributed by atoms with E-state index in [-0.39, 0.29) is 0 Å². The summed E-state index contributed by atoms with van der Waals surface area (Å²) in [6, 6.07) is 13.3. The van der Waals surface area contributed by atoms with Crippen molar-refractivity contribution in [2.75, 3.05) is 12.4 Å². The molecule has 3 heteroatoms. The van der Waals surface area contributed by atoms with Gasteiger partial charge in [0, 0.05) is 30.2 Å². The van der Waals surface area contributed by atoms with Crippen LogP contribution in [0.25, 0.3) is 0 Å². The summed E-state index contributed by atoms with van der Waals surface area (Å²) >= 11 is 5.64. The van der Waals surface area contributed by atoms with Gasteiger partial charge in [0.1, 0.15) is 0 Å². The van der Waals surface area contributed by atoms with E-state index in [2.05, 4.69) is 10.3 Å². The number of hydrogen-bond acceptors (Lipinski definition) is 2. The number of nitrogens with one attached hydrogen (secondary N) is 1. The number of anilines is 1. The van der Waals surface area contributed by atoms with Gasteiger partial charge >= 0.3 is 0 Å². The number of rotatable bonds is 1. The third-order valence-corrected chi connectivity index (χ3v) is 1.95. The molecule has 2 aromatic rings. The minimum absolute atomic E-state index is 0.772. The second-order valence-electron chi connectivity index (χ2n) is 2.78. The summed E-state index contributed by atoms with van der Waals surface area (Å²) in [5.41, 5.74) is 1.08. The van der Waals surface area contributed by atoms with E-state index in [1.165, 1.54) is 0 Å². The quantitative estimate of drug-likeness (QED) is 0.796. The lowest BCUT2D eigenvalue weighted by Crippen LogP contribution is -1.84. The fraction of sp³-hybridized carbons (Fsp3) is 0.0833. The zero-order chi connectivity index (χ0) is 10.9. The summed E-state index contributed by atoms with van der Waals surface area (Å²) in [7, 11) is 1.88. The molecule has 15 heavy (non-hydrogen) atoms. The molecular weight excluding hydrogens is 208 g/mol. The Bertz CT molecular complexity index is 332. The van der Waals surface area contributed by atoms with Crippen LogP contribution in [0, 0.1) is 0 Å². The molecule has 0 radical (unpaired) electrons. The molecule has 0 aliphatic heterocycles. The fourth-order valence-corrected chi connectivity index (χ4v) is 1.06. The first-order valence-electron chi connectivity index (χ1n) is 4.61. The smallest absolute Gasteiger partial charge is 0.0407 e. The molecule has 0 fully saturated rings. The van der Waals surface area contributed by atoms with Crippen LogP contribution in [0.15, 0.2) is 54.9 Å². The topological polar surface area (TPSA) is 24.9 Å². The molecule has 2 nitrogen and oxygen atoms in total. The monoisotopic (exact) mass is 220 g/mol. The Balaban J connectivity index is 0.000000162. The van der Waals surface area contributed by atoms with Crippen LogP contribution in [0.3, 0.4) is 0 Å². The molecule has 78 valence electrons. The molecule has 0 aliphatic carbocycles. The van der Waals surface area contributed by atoms with Gasteiger partial charge in [0.25, 0.3) is 0 Å². The van der Waals surface area contributed by atoms with Crippen molar-refractivity contribution >= 4 is 17.3 Å². The Hall–Kier alpha value is -1.54. The zero-order valence-corrected chi connectivity index (χ0v) is 9.28. The van der Waals surface area contributed by atoms with E-state index in [1.807, 2.05) is 49.5 Å². The lowest BCUT2D eigenvalue weighted by atomic mass is 10.3. The van der Waals surface area contributed by atoms with E-state index >= 15 is 0 Å². The van der Waals surface area contributed by atoms with Gasteiger partial charge in [0.05, 0.1) is 0 Å². The number of aromatic nitrogens is 1. The molecule has 1 N–H and O–H groups in total. The van der Waals surface area contributed by atoms with Crippen LogP contribution in [0.2, 0.25) is 5.02 Å². The second kappa shape index (κ2) is 6.85. The average molecular weight is 221 g/mol. The highest BCUT2D eigenvalue weighted by atomic mass is 35.5. The van der Waals surface area contributed by atoms with E-state index < -0.39 is 0 Å². The minimum Gasteiger partial charge on any atom is -0.388 e. The molecule has 0 unspecified atom stereocenters. The van der Waals surface area contributed by atoms with Gasteiger partial charge in [-0.3, -0.25) is 4.98 Å². The lowest BCUT2D eigenvalue weighted by Gasteiger charge is -1.96. The van der Waals surface area contributed by atoms with E-state index in [1.54, 1.807) is 12.4 Å². The van der Waals surface area contributed by atoms with Gasteiger partial charge in [-0.15, -0.1) is 0 Å². The van der Waals surface area contributed by atoms with Crippen molar-refractivity contribution in [1.82, 2.24) is 4.98 Å². The molecule has 0 atom stereocenters. The molecule has 1 aromatic carbocycles. The Morgan fingerprint density at radius 2 is 1.60 bits per heavy atom. The van der Waals surface area contributed by atoms with Gasteiger partial charge in [-0.05, 0) is 36.4 Å². The summed E-state index contributed by atoms with van der Waals surface area (Å²) in [6.07, 6.45) is 3.50. The average Bonchev–Trinajstić information content (AvgIpc) is 2.33. The number of pyridine rings is 1. The van der Waals surface area contributed by atoms with Gasteiger partial charge in [0.15, 0.2) is 0 Å². The van der Waals surface area contributed by atoms with Crippen molar-refractivity contribution in [3.8, 4) is 0 Å². The maximum absolute atomic E-state index is 5.64. The van der Waals surface area contributed by atoms with E-state index in [4.69, 9.17) is 11.6 Å². The maximum atomic E-state index is 5.64. The molecule has 0 amide bonds. The summed E-state index contributed by atoms with van der Waals surface area (Å²) in [6.45, 7) is 0. The first-order chi connectivity index (χ1) is 7.33. The van der Waals surface area contributed by atoms with Gasteiger partial charge < -0.3 is 5.32 Å². The number of nitrogens with zero attached hydrogens (tertiary/aromatic N) is 1. The first kappa shape index (κ1) is 11.5. The molecule has 2 rings (SSSR count). The highest BCUT2D eigenvalue weighted by Crippen LogP contribution is 2.11. The fourth-order valence-electron chi connectivity index (χ4n) is 0.929. The Kier molecular flexibility index (Phi) is 5.26. The molecule has 0 saturated carbocycles. The van der Waals surface area contributed by atoms with Crippen LogP contribution in [-0.2, 0) is 0 Å². The predicted molar refractivity (Wildman–Crippen MR) is 65.2 cm³/mol. The normalized spacial score (nSPS) is 8.67.